The Morgan fingerprint density at radius 3 is 2.82 bits per heavy atom. The molecule has 1 aromatic heterocycles. The second-order valence-corrected chi connectivity index (χ2v) is 4.01. The molecule has 0 amide bonds. The molecule has 0 bridgehead atoms. The van der Waals surface area contributed by atoms with Crippen molar-refractivity contribution in [3.05, 3.63) is 53.1 Å². The predicted molar refractivity (Wildman–Crippen MR) is 67.2 cm³/mol. The Balaban J connectivity index is 1.99. The second-order valence-electron chi connectivity index (χ2n) is 3.62. The summed E-state index contributed by atoms with van der Waals surface area (Å²) in [5.74, 6) is 0.848. The van der Waals surface area contributed by atoms with Gasteiger partial charge in [-0.15, -0.1) is 0 Å². The van der Waals surface area contributed by atoms with Gasteiger partial charge in [-0.05, 0) is 24.1 Å². The van der Waals surface area contributed by atoms with E-state index in [0.29, 0.717) is 11.8 Å². The molecule has 0 unspecified atom stereocenters. The number of aryl methyl sites for hydroxylation is 1. The lowest BCUT2D eigenvalue weighted by molar-refractivity contribution is 0.300. The molecule has 0 aliphatic heterocycles. The average molecular weight is 249 g/mol. The van der Waals surface area contributed by atoms with Crippen molar-refractivity contribution >= 4 is 11.6 Å². The number of ether oxygens (including phenoxy) is 1. The molecule has 0 N–H and O–H groups in total. The van der Waals surface area contributed by atoms with Crippen molar-refractivity contribution in [2.45, 2.75) is 20.0 Å². The molecule has 4 heteroatoms. The standard InChI is InChI=1S/C13H13ClN2O/c1-2-10-4-3-5-12(6-10)17-9-11-7-16-13(14)8-15-11/h3-8H,2,9H2,1H3. The van der Waals surface area contributed by atoms with Gasteiger partial charge in [0, 0.05) is 0 Å². The second kappa shape index (κ2) is 5.64. The van der Waals surface area contributed by atoms with Gasteiger partial charge in [0.1, 0.15) is 17.5 Å². The molecule has 0 fully saturated rings. The number of hydrogen-bond acceptors (Lipinski definition) is 3. The van der Waals surface area contributed by atoms with Crippen molar-refractivity contribution in [2.75, 3.05) is 0 Å². The number of halogens is 1. The molecular weight excluding hydrogens is 236 g/mol. The van der Waals surface area contributed by atoms with Crippen LogP contribution in [0, 0.1) is 0 Å². The number of hydrogen-bond donors (Lipinski definition) is 0. The fourth-order valence-corrected chi connectivity index (χ4v) is 1.52. The highest BCUT2D eigenvalue weighted by molar-refractivity contribution is 6.29. The quantitative estimate of drug-likeness (QED) is 0.833. The Kier molecular flexibility index (Phi) is 3.94. The average Bonchev–Trinajstić information content (AvgIpc) is 2.38. The molecule has 0 aliphatic rings. The van der Waals surface area contributed by atoms with Gasteiger partial charge in [0.25, 0.3) is 0 Å². The van der Waals surface area contributed by atoms with Gasteiger partial charge in [-0.25, -0.2) is 4.98 Å². The van der Waals surface area contributed by atoms with Gasteiger partial charge in [0.15, 0.2) is 0 Å². The van der Waals surface area contributed by atoms with Crippen molar-refractivity contribution < 1.29 is 4.74 Å². The van der Waals surface area contributed by atoms with E-state index in [1.165, 1.54) is 11.8 Å². The lowest BCUT2D eigenvalue weighted by Gasteiger charge is -2.06. The molecule has 2 rings (SSSR count). The molecule has 17 heavy (non-hydrogen) atoms. The van der Waals surface area contributed by atoms with Crippen molar-refractivity contribution in [1.82, 2.24) is 9.97 Å². The Bertz CT molecular complexity index is 485. The van der Waals surface area contributed by atoms with Crippen molar-refractivity contribution in [2.24, 2.45) is 0 Å². The van der Waals surface area contributed by atoms with Crippen LogP contribution >= 0.6 is 11.6 Å². The minimum absolute atomic E-state index is 0.390. The fourth-order valence-electron chi connectivity index (χ4n) is 1.43. The third-order valence-electron chi connectivity index (χ3n) is 2.37. The molecule has 0 saturated carbocycles. The summed E-state index contributed by atoms with van der Waals surface area (Å²) in [5.41, 5.74) is 2.01. The maximum atomic E-state index is 5.65. The first-order valence-electron chi connectivity index (χ1n) is 5.46. The highest BCUT2D eigenvalue weighted by atomic mass is 35.5. The molecular formula is C13H13ClN2O. The van der Waals surface area contributed by atoms with E-state index in [0.717, 1.165) is 17.9 Å². The van der Waals surface area contributed by atoms with E-state index in [1.807, 2.05) is 18.2 Å². The van der Waals surface area contributed by atoms with Gasteiger partial charge in [0.2, 0.25) is 0 Å². The van der Waals surface area contributed by atoms with Crippen LogP contribution in [0.2, 0.25) is 5.15 Å². The van der Waals surface area contributed by atoms with Crippen LogP contribution in [0.15, 0.2) is 36.7 Å². The molecule has 88 valence electrons. The Morgan fingerprint density at radius 2 is 2.12 bits per heavy atom. The summed E-state index contributed by atoms with van der Waals surface area (Å²) < 4.78 is 5.63. The minimum Gasteiger partial charge on any atom is -0.487 e. The van der Waals surface area contributed by atoms with Crippen LogP contribution in [0.5, 0.6) is 5.75 Å². The van der Waals surface area contributed by atoms with Crippen LogP contribution < -0.4 is 4.74 Å². The maximum Gasteiger partial charge on any atom is 0.147 e. The summed E-state index contributed by atoms with van der Waals surface area (Å²) in [6.07, 6.45) is 4.13. The predicted octanol–water partition coefficient (Wildman–Crippen LogP) is 3.27. The highest BCUT2D eigenvalue weighted by Crippen LogP contribution is 2.15. The largest absolute Gasteiger partial charge is 0.487 e. The van der Waals surface area contributed by atoms with Gasteiger partial charge >= 0.3 is 0 Å². The van der Waals surface area contributed by atoms with E-state index in [1.54, 1.807) is 6.20 Å². The first-order valence-corrected chi connectivity index (χ1v) is 5.84. The zero-order valence-electron chi connectivity index (χ0n) is 9.56. The lowest BCUT2D eigenvalue weighted by atomic mass is 10.2. The van der Waals surface area contributed by atoms with E-state index in [9.17, 15) is 0 Å². The van der Waals surface area contributed by atoms with Gasteiger partial charge in [-0.2, -0.15) is 0 Å². The van der Waals surface area contributed by atoms with E-state index in [-0.39, 0.29) is 0 Å². The minimum atomic E-state index is 0.390. The van der Waals surface area contributed by atoms with E-state index in [2.05, 4.69) is 23.0 Å². The van der Waals surface area contributed by atoms with Crippen LogP contribution in [0.25, 0.3) is 0 Å². The smallest absolute Gasteiger partial charge is 0.147 e. The molecule has 1 aromatic carbocycles. The Morgan fingerprint density at radius 1 is 1.24 bits per heavy atom. The first-order chi connectivity index (χ1) is 8.28. The fraction of sp³-hybridized carbons (Fsp3) is 0.231. The zero-order chi connectivity index (χ0) is 12.1. The van der Waals surface area contributed by atoms with E-state index >= 15 is 0 Å². The van der Waals surface area contributed by atoms with Crippen LogP contribution in [0.4, 0.5) is 0 Å². The third kappa shape index (κ3) is 3.43. The summed E-state index contributed by atoms with van der Waals surface area (Å²) in [6.45, 7) is 2.52. The summed E-state index contributed by atoms with van der Waals surface area (Å²) >= 11 is 5.65. The van der Waals surface area contributed by atoms with Gasteiger partial charge in [0.05, 0.1) is 18.1 Å². The first kappa shape index (κ1) is 11.9. The summed E-state index contributed by atoms with van der Waals surface area (Å²) in [7, 11) is 0. The molecule has 2 aromatic rings. The molecule has 0 atom stereocenters. The topological polar surface area (TPSA) is 35.0 Å². The number of benzene rings is 1. The molecule has 0 saturated heterocycles. The molecule has 0 radical (unpaired) electrons. The van der Waals surface area contributed by atoms with Crippen LogP contribution in [0.3, 0.4) is 0 Å². The molecule has 1 heterocycles. The van der Waals surface area contributed by atoms with E-state index in [4.69, 9.17) is 16.3 Å². The SMILES string of the molecule is CCc1cccc(OCc2cnc(Cl)cn2)c1. The van der Waals surface area contributed by atoms with Crippen molar-refractivity contribution in [3.63, 3.8) is 0 Å². The van der Waals surface area contributed by atoms with Crippen molar-refractivity contribution in [3.8, 4) is 5.75 Å². The van der Waals surface area contributed by atoms with Gasteiger partial charge < -0.3 is 4.74 Å². The van der Waals surface area contributed by atoms with Gasteiger partial charge in [-0.1, -0.05) is 30.7 Å². The normalized spacial score (nSPS) is 10.2. The highest BCUT2D eigenvalue weighted by Gasteiger charge is 1.99. The van der Waals surface area contributed by atoms with Gasteiger partial charge in [-0.3, -0.25) is 4.98 Å². The summed E-state index contributed by atoms with van der Waals surface area (Å²) in [4.78, 5) is 8.06. The lowest BCUT2D eigenvalue weighted by Crippen LogP contribution is -1.99. The van der Waals surface area contributed by atoms with Crippen molar-refractivity contribution in [1.29, 1.82) is 0 Å². The zero-order valence-corrected chi connectivity index (χ0v) is 10.3. The molecule has 0 aliphatic carbocycles. The van der Waals surface area contributed by atoms with Crippen LogP contribution in [0.1, 0.15) is 18.2 Å². The number of nitrogens with zero attached hydrogens (tertiary/aromatic N) is 2. The number of rotatable bonds is 4. The molecule has 0 spiro atoms. The Hall–Kier alpha value is -1.61. The van der Waals surface area contributed by atoms with Crippen LogP contribution in [-0.4, -0.2) is 9.97 Å². The van der Waals surface area contributed by atoms with E-state index < -0.39 is 0 Å². The molecule has 3 nitrogen and oxygen atoms in total. The summed E-state index contributed by atoms with van der Waals surface area (Å²) in [6, 6.07) is 8.03. The maximum absolute atomic E-state index is 5.65. The van der Waals surface area contributed by atoms with Crippen LogP contribution in [-0.2, 0) is 13.0 Å². The summed E-state index contributed by atoms with van der Waals surface area (Å²) in [5, 5.41) is 0.390. The third-order valence-corrected chi connectivity index (χ3v) is 2.56. The Labute approximate surface area is 105 Å². The number of aromatic nitrogens is 2. The monoisotopic (exact) mass is 248 g/mol.